The Morgan fingerprint density at radius 3 is 2.16 bits per heavy atom. The van der Waals surface area contributed by atoms with Gasteiger partial charge in [-0.3, -0.25) is 0 Å². The van der Waals surface area contributed by atoms with Gasteiger partial charge in [-0.25, -0.2) is 0 Å². The van der Waals surface area contributed by atoms with Crippen molar-refractivity contribution in [1.29, 1.82) is 0 Å². The quantitative estimate of drug-likeness (QED) is 0.598. The molecule has 2 rings (SSSR count). The lowest BCUT2D eigenvalue weighted by Gasteiger charge is -2.14. The minimum Gasteiger partial charge on any atom is -0.126 e. The number of hydrogen-bond donors (Lipinski definition) is 0. The summed E-state index contributed by atoms with van der Waals surface area (Å²) in [6.45, 7) is 0. The summed E-state index contributed by atoms with van der Waals surface area (Å²) in [4.78, 5) is 0. The first-order valence-electron chi connectivity index (χ1n) is 6.22. The summed E-state index contributed by atoms with van der Waals surface area (Å²) in [6.07, 6.45) is 1.94. The van der Waals surface area contributed by atoms with E-state index in [1.54, 1.807) is 0 Å². The lowest BCUT2D eigenvalue weighted by atomic mass is 9.94. The molecule has 0 N–H and O–H groups in total. The number of alkyl halides is 1. The molecule has 0 saturated carbocycles. The molecule has 0 spiro atoms. The maximum absolute atomic E-state index is 6.10. The van der Waals surface area contributed by atoms with E-state index in [9.17, 15) is 0 Å². The van der Waals surface area contributed by atoms with Gasteiger partial charge in [0.1, 0.15) is 0 Å². The number of halogens is 3. The van der Waals surface area contributed by atoms with Crippen molar-refractivity contribution in [3.8, 4) is 0 Å². The van der Waals surface area contributed by atoms with E-state index in [-0.39, 0.29) is 0 Å². The first-order valence-corrected chi connectivity index (χ1v) is 7.93. The summed E-state index contributed by atoms with van der Waals surface area (Å²) in [6, 6.07) is 16.4. The Bertz CT molecular complexity index is 492. The van der Waals surface area contributed by atoms with E-state index in [0.717, 1.165) is 22.3 Å². The number of hydrogen-bond acceptors (Lipinski definition) is 0. The zero-order valence-corrected chi connectivity index (χ0v) is 13.5. The Hall–Kier alpha value is -0.500. The van der Waals surface area contributed by atoms with Gasteiger partial charge >= 0.3 is 0 Å². The zero-order chi connectivity index (χ0) is 13.7. The third kappa shape index (κ3) is 4.83. The normalized spacial score (nSPS) is 12.4. The van der Waals surface area contributed by atoms with Crippen LogP contribution in [-0.2, 0) is 12.8 Å². The molecule has 0 aliphatic heterocycles. The van der Waals surface area contributed by atoms with Gasteiger partial charge in [0.15, 0.2) is 0 Å². The van der Waals surface area contributed by atoms with Gasteiger partial charge in [0.25, 0.3) is 0 Å². The van der Waals surface area contributed by atoms with Crippen LogP contribution in [0.4, 0.5) is 0 Å². The molecular formula is C16H15BrCl2. The molecule has 2 aromatic rings. The Labute approximate surface area is 132 Å². The Kier molecular flexibility index (Phi) is 5.75. The van der Waals surface area contributed by atoms with Gasteiger partial charge in [-0.1, -0.05) is 51.8 Å². The average Bonchev–Trinajstić information content (AvgIpc) is 2.38. The molecule has 0 aliphatic carbocycles. The van der Waals surface area contributed by atoms with Crippen LogP contribution in [0, 0.1) is 5.92 Å². The maximum Gasteiger partial charge on any atom is 0.0408 e. The third-order valence-corrected chi connectivity index (χ3v) is 4.21. The van der Waals surface area contributed by atoms with Gasteiger partial charge in [-0.2, -0.15) is 0 Å². The van der Waals surface area contributed by atoms with Crippen LogP contribution in [0.5, 0.6) is 0 Å². The van der Waals surface area contributed by atoms with Crippen LogP contribution in [0.25, 0.3) is 0 Å². The fourth-order valence-electron chi connectivity index (χ4n) is 2.18. The second-order valence-corrected chi connectivity index (χ2v) is 6.35. The van der Waals surface area contributed by atoms with E-state index < -0.39 is 0 Å². The number of rotatable bonds is 5. The maximum atomic E-state index is 6.10. The van der Waals surface area contributed by atoms with Crippen molar-refractivity contribution in [1.82, 2.24) is 0 Å². The molecule has 3 heteroatoms. The third-order valence-electron chi connectivity index (χ3n) is 3.05. The molecule has 1 unspecified atom stereocenters. The van der Waals surface area contributed by atoms with Gasteiger partial charge in [0, 0.05) is 15.4 Å². The Morgan fingerprint density at radius 2 is 1.58 bits per heavy atom. The van der Waals surface area contributed by atoms with Crippen LogP contribution >= 0.6 is 39.1 Å². The van der Waals surface area contributed by atoms with Crippen molar-refractivity contribution in [2.45, 2.75) is 12.8 Å². The molecule has 0 aliphatic rings. The summed E-state index contributed by atoms with van der Waals surface area (Å²) in [7, 11) is 0. The SMILES string of the molecule is ClCC(Cc1cccc(Cl)c1)Cc1cccc(Br)c1. The molecular weight excluding hydrogens is 343 g/mol. The van der Waals surface area contributed by atoms with Crippen LogP contribution < -0.4 is 0 Å². The molecule has 0 saturated heterocycles. The lowest BCUT2D eigenvalue weighted by molar-refractivity contribution is 0.584. The highest BCUT2D eigenvalue weighted by Gasteiger charge is 2.10. The van der Waals surface area contributed by atoms with Gasteiger partial charge in [-0.15, -0.1) is 11.6 Å². The predicted molar refractivity (Wildman–Crippen MR) is 87.2 cm³/mol. The highest BCUT2D eigenvalue weighted by atomic mass is 79.9. The van der Waals surface area contributed by atoms with Gasteiger partial charge in [0.05, 0.1) is 0 Å². The fraction of sp³-hybridized carbons (Fsp3) is 0.250. The molecule has 0 nitrogen and oxygen atoms in total. The standard InChI is InChI=1S/C16H15BrCl2/c17-15-5-1-3-12(9-15)7-14(11-18)8-13-4-2-6-16(19)10-13/h1-6,9-10,14H,7-8,11H2. The highest BCUT2D eigenvalue weighted by molar-refractivity contribution is 9.10. The molecule has 0 heterocycles. The summed E-state index contributed by atoms with van der Waals surface area (Å²) in [5.41, 5.74) is 2.55. The molecule has 0 amide bonds. The molecule has 0 bridgehead atoms. The second-order valence-electron chi connectivity index (χ2n) is 4.69. The predicted octanol–water partition coefficient (Wildman–Crippen LogP) is 5.74. The minimum atomic E-state index is 0.425. The van der Waals surface area contributed by atoms with E-state index in [1.165, 1.54) is 11.1 Å². The smallest absolute Gasteiger partial charge is 0.0408 e. The Balaban J connectivity index is 2.04. The molecule has 1 atom stereocenters. The average molecular weight is 358 g/mol. The van der Waals surface area contributed by atoms with E-state index in [4.69, 9.17) is 23.2 Å². The van der Waals surface area contributed by atoms with Crippen LogP contribution in [0.1, 0.15) is 11.1 Å². The van der Waals surface area contributed by atoms with E-state index >= 15 is 0 Å². The summed E-state index contributed by atoms with van der Waals surface area (Å²) < 4.78 is 1.11. The van der Waals surface area contributed by atoms with Crippen LogP contribution in [0.3, 0.4) is 0 Å². The summed E-state index contributed by atoms with van der Waals surface area (Å²) in [5.74, 6) is 1.08. The van der Waals surface area contributed by atoms with Crippen molar-refractivity contribution in [3.63, 3.8) is 0 Å². The monoisotopic (exact) mass is 356 g/mol. The van der Waals surface area contributed by atoms with Crippen molar-refractivity contribution in [2.24, 2.45) is 5.92 Å². The van der Waals surface area contributed by atoms with Gasteiger partial charge in [0.2, 0.25) is 0 Å². The summed E-state index contributed by atoms with van der Waals surface area (Å²) in [5, 5.41) is 0.785. The molecule has 0 fully saturated rings. The molecule has 100 valence electrons. The van der Waals surface area contributed by atoms with Crippen molar-refractivity contribution in [3.05, 3.63) is 69.2 Å². The molecule has 2 aromatic carbocycles. The molecule has 0 aromatic heterocycles. The van der Waals surface area contributed by atoms with E-state index in [2.05, 4.69) is 40.2 Å². The van der Waals surface area contributed by atoms with Crippen LogP contribution in [-0.4, -0.2) is 5.88 Å². The fourth-order valence-corrected chi connectivity index (χ4v) is 3.05. The van der Waals surface area contributed by atoms with Crippen molar-refractivity contribution >= 4 is 39.1 Å². The summed E-state index contributed by atoms with van der Waals surface area (Å²) >= 11 is 15.6. The largest absolute Gasteiger partial charge is 0.126 e. The van der Waals surface area contributed by atoms with Crippen LogP contribution in [0.15, 0.2) is 53.0 Å². The van der Waals surface area contributed by atoms with E-state index in [0.29, 0.717) is 11.8 Å². The molecule has 0 radical (unpaired) electrons. The Morgan fingerprint density at radius 1 is 0.947 bits per heavy atom. The molecule has 19 heavy (non-hydrogen) atoms. The minimum absolute atomic E-state index is 0.425. The topological polar surface area (TPSA) is 0 Å². The van der Waals surface area contributed by atoms with E-state index in [1.807, 2.05) is 24.3 Å². The van der Waals surface area contributed by atoms with Crippen molar-refractivity contribution < 1.29 is 0 Å². The van der Waals surface area contributed by atoms with Gasteiger partial charge in [-0.05, 0) is 54.2 Å². The van der Waals surface area contributed by atoms with Crippen LogP contribution in [0.2, 0.25) is 5.02 Å². The second kappa shape index (κ2) is 7.33. The lowest BCUT2D eigenvalue weighted by Crippen LogP contribution is -2.10. The van der Waals surface area contributed by atoms with Crippen molar-refractivity contribution in [2.75, 3.05) is 5.88 Å². The first kappa shape index (κ1) is 14.9. The van der Waals surface area contributed by atoms with Gasteiger partial charge < -0.3 is 0 Å². The first-order chi connectivity index (χ1) is 9.17. The highest BCUT2D eigenvalue weighted by Crippen LogP contribution is 2.20. The number of benzene rings is 2. The zero-order valence-electron chi connectivity index (χ0n) is 10.5.